The summed E-state index contributed by atoms with van der Waals surface area (Å²) in [6.07, 6.45) is 6.16. The van der Waals surface area contributed by atoms with Gasteiger partial charge < -0.3 is 14.2 Å². The zero-order chi connectivity index (χ0) is 18.7. The van der Waals surface area contributed by atoms with Crippen molar-refractivity contribution in [1.29, 1.82) is 0 Å². The maximum Gasteiger partial charge on any atom is 0.290 e. The van der Waals surface area contributed by atoms with E-state index in [1.54, 1.807) is 24.5 Å². The normalized spacial score (nSPS) is 20.2. The Balaban J connectivity index is 1.83. The van der Waals surface area contributed by atoms with Gasteiger partial charge in [0.2, 0.25) is 5.78 Å². The number of aryl methyl sites for hydroxylation is 1. The summed E-state index contributed by atoms with van der Waals surface area (Å²) in [5.41, 5.74) is 0.978. The van der Waals surface area contributed by atoms with E-state index >= 15 is 0 Å². The number of hydrogen-bond donors (Lipinski definition) is 0. The van der Waals surface area contributed by atoms with Gasteiger partial charge in [-0.15, -0.1) is 0 Å². The van der Waals surface area contributed by atoms with E-state index in [4.69, 9.17) is 4.74 Å². The van der Waals surface area contributed by atoms with Crippen LogP contribution in [0.4, 0.5) is 0 Å². The summed E-state index contributed by atoms with van der Waals surface area (Å²) >= 11 is 0. The van der Waals surface area contributed by atoms with Gasteiger partial charge in [0, 0.05) is 25.5 Å². The number of Topliss-reactive ketones (excluding diaryl/α,β-unsaturated/α-hetero) is 1. The molecule has 1 fully saturated rings. The molecule has 2 unspecified atom stereocenters. The van der Waals surface area contributed by atoms with Crippen LogP contribution in [0.2, 0.25) is 0 Å². The minimum Gasteiger partial charge on any atom is -0.497 e. The number of imidazole rings is 1. The quantitative estimate of drug-likeness (QED) is 0.717. The molecule has 2 atom stereocenters. The van der Waals surface area contributed by atoms with Gasteiger partial charge in [-0.05, 0) is 30.0 Å². The van der Waals surface area contributed by atoms with Crippen molar-refractivity contribution < 1.29 is 14.3 Å². The van der Waals surface area contributed by atoms with Crippen LogP contribution in [0, 0.1) is 11.8 Å². The highest BCUT2D eigenvalue weighted by Gasteiger charge is 2.48. The fourth-order valence-corrected chi connectivity index (χ4v) is 3.69. The molecule has 0 spiro atoms. The van der Waals surface area contributed by atoms with Crippen molar-refractivity contribution in [3.05, 3.63) is 48.5 Å². The molecule has 138 valence electrons. The predicted octanol–water partition coefficient (Wildman–Crippen LogP) is 2.71. The lowest BCUT2D eigenvalue weighted by atomic mass is 9.84. The number of carbonyl (C=O) groups excluding carboxylic acids is 2. The van der Waals surface area contributed by atoms with Crippen LogP contribution in [0.25, 0.3) is 0 Å². The van der Waals surface area contributed by atoms with Crippen LogP contribution in [0.3, 0.4) is 0 Å². The standard InChI is InChI=1S/C20H25N3O3/c1-14(2)17-18(15-5-7-16(26-3)8-6-15)23(20(25)19(17)24)11-4-10-22-12-9-21-13-22/h5-9,12-14,17-18H,4,10-11H2,1-3H3. The Morgan fingerprint density at radius 3 is 2.46 bits per heavy atom. The molecule has 2 heterocycles. The molecule has 6 nitrogen and oxygen atoms in total. The Kier molecular flexibility index (Phi) is 5.40. The summed E-state index contributed by atoms with van der Waals surface area (Å²) in [6.45, 7) is 5.31. The molecule has 1 amide bonds. The molecule has 0 aliphatic carbocycles. The van der Waals surface area contributed by atoms with Gasteiger partial charge in [0.05, 0.1) is 25.4 Å². The molecule has 0 radical (unpaired) electrons. The Morgan fingerprint density at radius 2 is 1.88 bits per heavy atom. The first-order valence-corrected chi connectivity index (χ1v) is 8.97. The van der Waals surface area contributed by atoms with E-state index in [1.165, 1.54) is 0 Å². The number of rotatable bonds is 7. The number of amides is 1. The number of ketones is 1. The number of methoxy groups -OCH3 is 1. The highest BCUT2D eigenvalue weighted by atomic mass is 16.5. The Labute approximate surface area is 153 Å². The zero-order valence-corrected chi connectivity index (χ0v) is 15.5. The van der Waals surface area contributed by atoms with Gasteiger partial charge in [-0.3, -0.25) is 9.59 Å². The van der Waals surface area contributed by atoms with Crippen molar-refractivity contribution >= 4 is 11.7 Å². The molecule has 1 aromatic heterocycles. The van der Waals surface area contributed by atoms with E-state index in [1.807, 2.05) is 48.9 Å². The van der Waals surface area contributed by atoms with Crippen molar-refractivity contribution in [3.8, 4) is 5.75 Å². The highest BCUT2D eigenvalue weighted by Crippen LogP contribution is 2.40. The molecule has 6 heteroatoms. The minimum atomic E-state index is -0.366. The molecule has 1 aliphatic heterocycles. The molecule has 0 bridgehead atoms. The number of aromatic nitrogens is 2. The van der Waals surface area contributed by atoms with Crippen LogP contribution in [0.5, 0.6) is 5.75 Å². The van der Waals surface area contributed by atoms with Gasteiger partial charge in [0.1, 0.15) is 5.75 Å². The van der Waals surface area contributed by atoms with Crippen LogP contribution in [0.1, 0.15) is 31.9 Å². The summed E-state index contributed by atoms with van der Waals surface area (Å²) in [6, 6.07) is 7.44. The molecule has 1 aromatic carbocycles. The van der Waals surface area contributed by atoms with E-state index in [9.17, 15) is 9.59 Å². The minimum absolute atomic E-state index is 0.0946. The van der Waals surface area contributed by atoms with Crippen LogP contribution < -0.4 is 4.74 Å². The van der Waals surface area contributed by atoms with Gasteiger partial charge in [-0.1, -0.05) is 26.0 Å². The molecular weight excluding hydrogens is 330 g/mol. The predicted molar refractivity (Wildman–Crippen MR) is 97.6 cm³/mol. The second kappa shape index (κ2) is 7.72. The third kappa shape index (κ3) is 3.49. The van der Waals surface area contributed by atoms with Crippen LogP contribution in [-0.2, 0) is 16.1 Å². The van der Waals surface area contributed by atoms with Gasteiger partial charge in [0.25, 0.3) is 5.91 Å². The SMILES string of the molecule is COc1ccc(C2C(C(C)C)C(=O)C(=O)N2CCCn2ccnc2)cc1. The average Bonchev–Trinajstić information content (AvgIpc) is 3.24. The topological polar surface area (TPSA) is 64.4 Å². The average molecular weight is 355 g/mol. The van der Waals surface area contributed by atoms with Crippen molar-refractivity contribution in [3.63, 3.8) is 0 Å². The third-order valence-corrected chi connectivity index (χ3v) is 5.00. The van der Waals surface area contributed by atoms with Crippen molar-refractivity contribution in [2.75, 3.05) is 13.7 Å². The number of benzene rings is 1. The largest absolute Gasteiger partial charge is 0.497 e. The summed E-state index contributed by atoms with van der Waals surface area (Å²) in [4.78, 5) is 31.0. The summed E-state index contributed by atoms with van der Waals surface area (Å²) in [5, 5.41) is 0. The molecular formula is C20H25N3O3. The second-order valence-electron chi connectivity index (χ2n) is 7.00. The molecule has 0 N–H and O–H groups in total. The Hall–Kier alpha value is -2.63. The molecule has 0 saturated carbocycles. The van der Waals surface area contributed by atoms with Gasteiger partial charge in [-0.2, -0.15) is 0 Å². The number of ether oxygens (including phenoxy) is 1. The number of carbonyl (C=O) groups is 2. The fourth-order valence-electron chi connectivity index (χ4n) is 3.69. The first kappa shape index (κ1) is 18.2. The monoisotopic (exact) mass is 355 g/mol. The molecule has 1 saturated heterocycles. The maximum absolute atomic E-state index is 12.7. The smallest absolute Gasteiger partial charge is 0.290 e. The van der Waals surface area contributed by atoms with Crippen LogP contribution in [0.15, 0.2) is 43.0 Å². The number of hydrogen-bond acceptors (Lipinski definition) is 4. The summed E-state index contributed by atoms with van der Waals surface area (Å²) in [5.74, 6) is -0.0999. The van der Waals surface area contributed by atoms with E-state index in [2.05, 4.69) is 4.98 Å². The number of nitrogens with zero attached hydrogens (tertiary/aromatic N) is 3. The van der Waals surface area contributed by atoms with E-state index in [0.29, 0.717) is 6.54 Å². The molecule has 2 aromatic rings. The van der Waals surface area contributed by atoms with E-state index < -0.39 is 0 Å². The second-order valence-corrected chi connectivity index (χ2v) is 7.00. The molecule has 3 rings (SSSR count). The van der Waals surface area contributed by atoms with Crippen molar-refractivity contribution in [2.45, 2.75) is 32.9 Å². The van der Waals surface area contributed by atoms with Gasteiger partial charge in [-0.25, -0.2) is 4.98 Å². The van der Waals surface area contributed by atoms with Crippen LogP contribution >= 0.6 is 0 Å². The van der Waals surface area contributed by atoms with Crippen molar-refractivity contribution in [2.24, 2.45) is 11.8 Å². The first-order chi connectivity index (χ1) is 12.5. The highest BCUT2D eigenvalue weighted by molar-refractivity contribution is 6.39. The lowest BCUT2D eigenvalue weighted by Crippen LogP contribution is -2.31. The lowest BCUT2D eigenvalue weighted by Gasteiger charge is -2.29. The summed E-state index contributed by atoms with van der Waals surface area (Å²) in [7, 11) is 1.62. The Bertz CT molecular complexity index is 753. The van der Waals surface area contributed by atoms with Gasteiger partial charge in [0.15, 0.2) is 0 Å². The first-order valence-electron chi connectivity index (χ1n) is 8.97. The summed E-state index contributed by atoms with van der Waals surface area (Å²) < 4.78 is 7.20. The van der Waals surface area contributed by atoms with E-state index in [0.717, 1.165) is 24.3 Å². The maximum atomic E-state index is 12.7. The lowest BCUT2D eigenvalue weighted by molar-refractivity contribution is -0.141. The van der Waals surface area contributed by atoms with Crippen LogP contribution in [-0.4, -0.2) is 39.8 Å². The van der Waals surface area contributed by atoms with E-state index in [-0.39, 0.29) is 29.6 Å². The molecule has 26 heavy (non-hydrogen) atoms. The zero-order valence-electron chi connectivity index (χ0n) is 15.5. The van der Waals surface area contributed by atoms with Crippen molar-refractivity contribution in [1.82, 2.24) is 14.5 Å². The number of likely N-dealkylation sites (tertiary alicyclic amines) is 1. The third-order valence-electron chi connectivity index (χ3n) is 5.00. The fraction of sp³-hybridized carbons (Fsp3) is 0.450. The van der Waals surface area contributed by atoms with Gasteiger partial charge >= 0.3 is 0 Å². The Morgan fingerprint density at radius 1 is 1.15 bits per heavy atom. The molecule has 1 aliphatic rings.